The topological polar surface area (TPSA) is 91.8 Å². The Bertz CT molecular complexity index is 907. The summed E-state index contributed by atoms with van der Waals surface area (Å²) in [6, 6.07) is 13.6. The van der Waals surface area contributed by atoms with Crippen LogP contribution in [0.4, 0.5) is 0 Å². The molecule has 0 aromatic heterocycles. The fraction of sp³-hybridized carbons (Fsp3) is 0.200. The molecule has 0 spiro atoms. The lowest BCUT2D eigenvalue weighted by Crippen LogP contribution is -2.55. The number of allylic oxidation sites excluding steroid dienone is 2. The van der Waals surface area contributed by atoms with Gasteiger partial charge in [0.1, 0.15) is 11.4 Å². The minimum Gasteiger partial charge on any atom is -0.497 e. The van der Waals surface area contributed by atoms with Gasteiger partial charge in [-0.05, 0) is 53.1 Å². The average Bonchev–Trinajstić information content (AvgIpc) is 3.08. The fourth-order valence-electron chi connectivity index (χ4n) is 3.28. The molecule has 0 amide bonds. The number of nitrogens with one attached hydrogen (secondary N) is 1. The summed E-state index contributed by atoms with van der Waals surface area (Å²) in [4.78, 5) is 0. The van der Waals surface area contributed by atoms with E-state index in [0.717, 1.165) is 33.9 Å². The van der Waals surface area contributed by atoms with Gasteiger partial charge in [0.15, 0.2) is 11.5 Å². The molecule has 0 saturated carbocycles. The third-order valence-corrected chi connectivity index (χ3v) is 4.44. The number of ether oxygens (including phenoxy) is 3. The van der Waals surface area contributed by atoms with Crippen molar-refractivity contribution in [2.24, 2.45) is 11.5 Å². The molecule has 134 valence electrons. The maximum atomic E-state index is 6.61. The minimum absolute atomic E-state index is 0.250. The molecule has 4 rings (SSSR count). The number of fused-ring (bicyclic) bond motifs is 1. The van der Waals surface area contributed by atoms with E-state index in [1.54, 1.807) is 7.11 Å². The van der Waals surface area contributed by atoms with Gasteiger partial charge in [-0.2, -0.15) is 0 Å². The Kier molecular flexibility index (Phi) is 3.97. The number of hydrogen-bond acceptors (Lipinski definition) is 6. The molecule has 1 atom stereocenters. The summed E-state index contributed by atoms with van der Waals surface area (Å²) >= 11 is 0. The molecule has 0 saturated heterocycles. The summed E-state index contributed by atoms with van der Waals surface area (Å²) in [5.74, 6) is 2.80. The zero-order valence-electron chi connectivity index (χ0n) is 14.5. The van der Waals surface area contributed by atoms with Crippen LogP contribution in [0.15, 0.2) is 60.4 Å². The van der Waals surface area contributed by atoms with Crippen molar-refractivity contribution >= 4 is 5.57 Å². The number of rotatable bonds is 4. The zero-order chi connectivity index (χ0) is 18.1. The van der Waals surface area contributed by atoms with Gasteiger partial charge in [0.25, 0.3) is 0 Å². The number of dihydropyridines is 1. The molecular formula is C20H21N3O3. The van der Waals surface area contributed by atoms with E-state index >= 15 is 0 Å². The lowest BCUT2D eigenvalue weighted by atomic mass is 9.92. The van der Waals surface area contributed by atoms with Crippen molar-refractivity contribution < 1.29 is 14.2 Å². The van der Waals surface area contributed by atoms with Crippen molar-refractivity contribution in [1.29, 1.82) is 0 Å². The zero-order valence-corrected chi connectivity index (χ0v) is 14.5. The number of methoxy groups -OCH3 is 1. The van der Waals surface area contributed by atoms with Crippen LogP contribution in [-0.4, -0.2) is 19.6 Å². The van der Waals surface area contributed by atoms with Crippen LogP contribution in [-0.2, 0) is 6.42 Å². The summed E-state index contributed by atoms with van der Waals surface area (Å²) in [6.45, 7) is 0.250. The van der Waals surface area contributed by atoms with Gasteiger partial charge in [0.05, 0.1) is 12.9 Å². The summed E-state index contributed by atoms with van der Waals surface area (Å²) in [5, 5.41) is 3.17. The summed E-state index contributed by atoms with van der Waals surface area (Å²) < 4.78 is 16.1. The Balaban J connectivity index is 1.64. The lowest BCUT2D eigenvalue weighted by molar-refractivity contribution is 0.174. The van der Waals surface area contributed by atoms with Gasteiger partial charge in [-0.3, -0.25) is 0 Å². The number of nitrogens with two attached hydrogens (primary N) is 2. The normalized spacial score (nSPS) is 20.8. The third kappa shape index (κ3) is 3.19. The van der Waals surface area contributed by atoms with Crippen molar-refractivity contribution in [3.8, 4) is 17.2 Å². The highest BCUT2D eigenvalue weighted by atomic mass is 16.7. The molecule has 0 bridgehead atoms. The van der Waals surface area contributed by atoms with E-state index in [0.29, 0.717) is 12.2 Å². The molecule has 2 heterocycles. The molecule has 2 aliphatic rings. The molecule has 0 radical (unpaired) electrons. The van der Waals surface area contributed by atoms with E-state index in [1.807, 2.05) is 54.6 Å². The Morgan fingerprint density at radius 1 is 1.15 bits per heavy atom. The van der Waals surface area contributed by atoms with Gasteiger partial charge in [0, 0.05) is 6.42 Å². The minimum atomic E-state index is -0.815. The van der Waals surface area contributed by atoms with E-state index in [9.17, 15) is 0 Å². The van der Waals surface area contributed by atoms with Crippen molar-refractivity contribution in [2.45, 2.75) is 12.1 Å². The summed E-state index contributed by atoms with van der Waals surface area (Å²) in [5.41, 5.74) is 14.9. The van der Waals surface area contributed by atoms with Crippen molar-refractivity contribution in [3.63, 3.8) is 0 Å². The Hall–Kier alpha value is -3.12. The maximum absolute atomic E-state index is 6.61. The van der Waals surface area contributed by atoms with Crippen LogP contribution in [0.2, 0.25) is 0 Å². The van der Waals surface area contributed by atoms with E-state index in [4.69, 9.17) is 25.7 Å². The largest absolute Gasteiger partial charge is 0.497 e. The number of hydrogen-bond donors (Lipinski definition) is 3. The van der Waals surface area contributed by atoms with E-state index in [-0.39, 0.29) is 6.79 Å². The molecule has 2 aromatic rings. The second kappa shape index (κ2) is 6.31. The maximum Gasteiger partial charge on any atom is 0.231 e. The van der Waals surface area contributed by atoms with Crippen LogP contribution in [0, 0.1) is 0 Å². The Morgan fingerprint density at radius 3 is 2.85 bits per heavy atom. The summed E-state index contributed by atoms with van der Waals surface area (Å²) in [6.07, 6.45) is 4.41. The molecule has 2 aromatic carbocycles. The van der Waals surface area contributed by atoms with E-state index in [1.165, 1.54) is 0 Å². The standard InChI is InChI=1S/C20H21N3O3/c1-24-16-4-2-3-14(8-16)15-9-19(21)23-20(22,11-15)10-13-5-6-17-18(7-13)26-12-25-17/h2-9,11,23H,10,12,21-22H2,1H3. The van der Waals surface area contributed by atoms with Crippen LogP contribution in [0.1, 0.15) is 11.1 Å². The van der Waals surface area contributed by atoms with Gasteiger partial charge in [-0.1, -0.05) is 18.2 Å². The molecule has 6 nitrogen and oxygen atoms in total. The van der Waals surface area contributed by atoms with Crippen LogP contribution >= 0.6 is 0 Å². The molecule has 0 aliphatic carbocycles. The van der Waals surface area contributed by atoms with Gasteiger partial charge < -0.3 is 31.0 Å². The molecular weight excluding hydrogens is 330 g/mol. The van der Waals surface area contributed by atoms with Crippen molar-refractivity contribution in [2.75, 3.05) is 13.9 Å². The second-order valence-electron chi connectivity index (χ2n) is 6.46. The van der Waals surface area contributed by atoms with Crippen molar-refractivity contribution in [3.05, 3.63) is 71.6 Å². The van der Waals surface area contributed by atoms with Gasteiger partial charge >= 0.3 is 0 Å². The second-order valence-corrected chi connectivity index (χ2v) is 6.46. The first-order chi connectivity index (χ1) is 12.5. The van der Waals surface area contributed by atoms with Gasteiger partial charge in [0.2, 0.25) is 6.79 Å². The lowest BCUT2D eigenvalue weighted by Gasteiger charge is -2.33. The highest BCUT2D eigenvalue weighted by Crippen LogP contribution is 2.34. The average molecular weight is 351 g/mol. The molecule has 6 heteroatoms. The monoisotopic (exact) mass is 351 g/mol. The molecule has 5 N–H and O–H groups in total. The SMILES string of the molecule is COc1cccc(C2=CC(N)(Cc3ccc4c(c3)OCO4)NC(N)=C2)c1. The van der Waals surface area contributed by atoms with Crippen molar-refractivity contribution in [1.82, 2.24) is 5.32 Å². The van der Waals surface area contributed by atoms with Gasteiger partial charge in [-0.15, -0.1) is 0 Å². The third-order valence-electron chi connectivity index (χ3n) is 4.44. The predicted molar refractivity (Wildman–Crippen MR) is 99.6 cm³/mol. The molecule has 0 fully saturated rings. The first kappa shape index (κ1) is 16.4. The Morgan fingerprint density at radius 2 is 2.00 bits per heavy atom. The number of benzene rings is 2. The molecule has 2 aliphatic heterocycles. The fourth-order valence-corrected chi connectivity index (χ4v) is 3.28. The smallest absolute Gasteiger partial charge is 0.231 e. The summed E-state index contributed by atoms with van der Waals surface area (Å²) in [7, 11) is 1.65. The highest BCUT2D eigenvalue weighted by molar-refractivity contribution is 5.77. The molecule has 26 heavy (non-hydrogen) atoms. The predicted octanol–water partition coefficient (Wildman–Crippen LogP) is 2.11. The van der Waals surface area contributed by atoms with Crippen LogP contribution in [0.3, 0.4) is 0 Å². The first-order valence-corrected chi connectivity index (χ1v) is 8.35. The highest BCUT2D eigenvalue weighted by Gasteiger charge is 2.28. The van der Waals surface area contributed by atoms with Crippen LogP contribution < -0.4 is 31.0 Å². The van der Waals surface area contributed by atoms with E-state index in [2.05, 4.69) is 5.32 Å². The van der Waals surface area contributed by atoms with Crippen LogP contribution in [0.25, 0.3) is 5.57 Å². The first-order valence-electron chi connectivity index (χ1n) is 8.35. The van der Waals surface area contributed by atoms with E-state index < -0.39 is 5.66 Å². The Labute approximate surface area is 152 Å². The van der Waals surface area contributed by atoms with Crippen LogP contribution in [0.5, 0.6) is 17.2 Å². The van der Waals surface area contributed by atoms with Gasteiger partial charge in [-0.25, -0.2) is 0 Å². The quantitative estimate of drug-likeness (QED) is 0.781. The molecule has 1 unspecified atom stereocenters.